The maximum atomic E-state index is 12.7. The standard InChI is InChI=1S/C11H12Cl2N6O2S2/c12-7-5-9(13)15-6-8(7)23(20,21)19-3-1-18(2-4-19)11-16-10(14)17-22-11/h5-6H,1-4H2,(H2,14,17). The highest BCUT2D eigenvalue weighted by atomic mass is 35.5. The van der Waals surface area contributed by atoms with Gasteiger partial charge in [-0.1, -0.05) is 23.2 Å². The molecule has 12 heteroatoms. The second-order valence-corrected chi connectivity index (χ2v) is 8.19. The zero-order valence-corrected chi connectivity index (χ0v) is 14.8. The Morgan fingerprint density at radius 1 is 1.22 bits per heavy atom. The van der Waals surface area contributed by atoms with Gasteiger partial charge in [0, 0.05) is 37.7 Å². The molecule has 8 nitrogen and oxygen atoms in total. The lowest BCUT2D eigenvalue weighted by atomic mass is 10.4. The molecule has 1 saturated heterocycles. The molecule has 1 fully saturated rings. The summed E-state index contributed by atoms with van der Waals surface area (Å²) >= 11 is 12.9. The number of aromatic nitrogens is 3. The molecule has 0 radical (unpaired) electrons. The van der Waals surface area contributed by atoms with Crippen LogP contribution in [0, 0.1) is 0 Å². The normalized spacial score (nSPS) is 16.7. The number of halogens is 2. The molecule has 3 rings (SSSR count). The summed E-state index contributed by atoms with van der Waals surface area (Å²) in [6.45, 7) is 1.60. The second kappa shape index (κ2) is 6.36. The third-order valence-corrected chi connectivity index (χ3v) is 6.69. The molecule has 0 unspecified atom stereocenters. The summed E-state index contributed by atoms with van der Waals surface area (Å²) in [5.74, 6) is 0.221. The first-order chi connectivity index (χ1) is 10.9. The van der Waals surface area contributed by atoms with Crippen LogP contribution in [0.15, 0.2) is 17.2 Å². The van der Waals surface area contributed by atoms with Gasteiger partial charge in [-0.05, 0) is 6.07 Å². The maximum Gasteiger partial charge on any atom is 0.246 e. The number of sulfonamides is 1. The van der Waals surface area contributed by atoms with Crippen LogP contribution < -0.4 is 10.6 Å². The molecule has 0 saturated carbocycles. The first-order valence-electron chi connectivity index (χ1n) is 6.53. The highest BCUT2D eigenvalue weighted by molar-refractivity contribution is 7.89. The summed E-state index contributed by atoms with van der Waals surface area (Å²) in [4.78, 5) is 9.80. The zero-order valence-electron chi connectivity index (χ0n) is 11.7. The van der Waals surface area contributed by atoms with E-state index in [1.54, 1.807) is 0 Å². The molecule has 2 aromatic rings. The van der Waals surface area contributed by atoms with Gasteiger partial charge in [0.1, 0.15) is 10.0 Å². The van der Waals surface area contributed by atoms with E-state index in [0.29, 0.717) is 31.3 Å². The zero-order chi connectivity index (χ0) is 16.6. The number of pyridine rings is 1. The lowest BCUT2D eigenvalue weighted by Crippen LogP contribution is -2.48. The van der Waals surface area contributed by atoms with Crippen molar-refractivity contribution in [2.45, 2.75) is 4.90 Å². The largest absolute Gasteiger partial charge is 0.367 e. The summed E-state index contributed by atoms with van der Waals surface area (Å²) in [7, 11) is -3.71. The quantitative estimate of drug-likeness (QED) is 0.782. The van der Waals surface area contributed by atoms with Crippen LogP contribution in [0.1, 0.15) is 0 Å². The van der Waals surface area contributed by atoms with E-state index in [9.17, 15) is 8.42 Å². The van der Waals surface area contributed by atoms with Crippen LogP contribution in [-0.4, -0.2) is 53.2 Å². The van der Waals surface area contributed by atoms with Gasteiger partial charge in [0.25, 0.3) is 0 Å². The van der Waals surface area contributed by atoms with Crippen molar-refractivity contribution in [3.8, 4) is 0 Å². The van der Waals surface area contributed by atoms with E-state index in [0.717, 1.165) is 0 Å². The fourth-order valence-corrected chi connectivity index (χ4v) is 4.92. The number of nitrogen functional groups attached to an aromatic ring is 1. The van der Waals surface area contributed by atoms with Crippen molar-refractivity contribution in [2.75, 3.05) is 36.8 Å². The molecule has 1 aliphatic rings. The lowest BCUT2D eigenvalue weighted by molar-refractivity contribution is 0.384. The fraction of sp³-hybridized carbons (Fsp3) is 0.364. The van der Waals surface area contributed by atoms with Crippen LogP contribution in [-0.2, 0) is 10.0 Å². The Morgan fingerprint density at radius 3 is 2.48 bits per heavy atom. The molecule has 0 aromatic carbocycles. The van der Waals surface area contributed by atoms with Crippen LogP contribution in [0.3, 0.4) is 0 Å². The summed E-state index contributed by atoms with van der Waals surface area (Å²) in [5, 5.41) is 0.891. The monoisotopic (exact) mass is 394 g/mol. The Labute approximate surface area is 147 Å². The third-order valence-electron chi connectivity index (χ3n) is 3.34. The highest BCUT2D eigenvalue weighted by Gasteiger charge is 2.31. The van der Waals surface area contributed by atoms with Gasteiger partial charge in [-0.2, -0.15) is 13.7 Å². The van der Waals surface area contributed by atoms with Crippen molar-refractivity contribution < 1.29 is 8.42 Å². The molecule has 1 aliphatic heterocycles. The molecule has 0 bridgehead atoms. The van der Waals surface area contributed by atoms with Gasteiger partial charge in [-0.3, -0.25) is 0 Å². The molecule has 3 heterocycles. The van der Waals surface area contributed by atoms with Gasteiger partial charge in [0.15, 0.2) is 0 Å². The van der Waals surface area contributed by atoms with Gasteiger partial charge in [-0.15, -0.1) is 0 Å². The predicted molar refractivity (Wildman–Crippen MR) is 89.6 cm³/mol. The van der Waals surface area contributed by atoms with Crippen LogP contribution in [0.25, 0.3) is 0 Å². The third kappa shape index (κ3) is 3.36. The van der Waals surface area contributed by atoms with E-state index in [1.165, 1.54) is 28.1 Å². The topological polar surface area (TPSA) is 105 Å². The summed E-state index contributed by atoms with van der Waals surface area (Å²) in [6.07, 6.45) is 1.18. The van der Waals surface area contributed by atoms with Crippen molar-refractivity contribution in [3.05, 3.63) is 22.4 Å². The molecule has 0 aliphatic carbocycles. The first kappa shape index (κ1) is 16.7. The summed E-state index contributed by atoms with van der Waals surface area (Å²) in [5.41, 5.74) is 5.51. The molecule has 2 aromatic heterocycles. The van der Waals surface area contributed by atoms with Crippen molar-refractivity contribution in [1.82, 2.24) is 18.6 Å². The number of nitrogens with two attached hydrogens (primary N) is 1. The van der Waals surface area contributed by atoms with Gasteiger partial charge in [0.05, 0.1) is 11.2 Å². The van der Waals surface area contributed by atoms with Crippen molar-refractivity contribution >= 4 is 55.8 Å². The van der Waals surface area contributed by atoms with Crippen LogP contribution in [0.4, 0.5) is 11.1 Å². The van der Waals surface area contributed by atoms with Gasteiger partial charge < -0.3 is 10.6 Å². The van der Waals surface area contributed by atoms with Crippen molar-refractivity contribution in [1.29, 1.82) is 0 Å². The molecule has 124 valence electrons. The number of piperazine rings is 1. The average molecular weight is 395 g/mol. The maximum absolute atomic E-state index is 12.7. The van der Waals surface area contributed by atoms with Gasteiger partial charge in [-0.25, -0.2) is 13.4 Å². The molecule has 23 heavy (non-hydrogen) atoms. The Bertz CT molecular complexity index is 820. The van der Waals surface area contributed by atoms with E-state index in [4.69, 9.17) is 28.9 Å². The van der Waals surface area contributed by atoms with E-state index in [-0.39, 0.29) is 21.0 Å². The predicted octanol–water partition coefficient (Wildman–Crippen LogP) is 1.33. The van der Waals surface area contributed by atoms with Crippen LogP contribution in [0.5, 0.6) is 0 Å². The van der Waals surface area contributed by atoms with E-state index in [1.807, 2.05) is 4.90 Å². The molecule has 0 amide bonds. The average Bonchev–Trinajstić information content (AvgIpc) is 2.93. The Morgan fingerprint density at radius 2 is 1.91 bits per heavy atom. The minimum Gasteiger partial charge on any atom is -0.367 e. The number of rotatable bonds is 3. The molecular formula is C11H12Cl2N6O2S2. The second-order valence-electron chi connectivity index (χ2n) is 4.76. The molecule has 0 spiro atoms. The SMILES string of the molecule is Nc1nsc(N2CCN(S(=O)(=O)c3cnc(Cl)cc3Cl)CC2)n1. The first-order valence-corrected chi connectivity index (χ1v) is 9.50. The van der Waals surface area contributed by atoms with Gasteiger partial charge >= 0.3 is 0 Å². The minimum atomic E-state index is -3.71. The van der Waals surface area contributed by atoms with E-state index < -0.39 is 10.0 Å². The summed E-state index contributed by atoms with van der Waals surface area (Å²) in [6, 6.07) is 1.32. The fourth-order valence-electron chi connectivity index (χ4n) is 2.20. The van der Waals surface area contributed by atoms with E-state index >= 15 is 0 Å². The van der Waals surface area contributed by atoms with Crippen molar-refractivity contribution in [3.63, 3.8) is 0 Å². The Balaban J connectivity index is 1.76. The molecule has 0 atom stereocenters. The number of anilines is 2. The smallest absolute Gasteiger partial charge is 0.246 e. The van der Waals surface area contributed by atoms with Gasteiger partial charge in [0.2, 0.25) is 21.1 Å². The number of nitrogens with zero attached hydrogens (tertiary/aromatic N) is 5. The Hall–Kier alpha value is -1.20. The molecule has 2 N–H and O–H groups in total. The number of hydrogen-bond donors (Lipinski definition) is 1. The summed E-state index contributed by atoms with van der Waals surface area (Å²) < 4.78 is 30.6. The molecular weight excluding hydrogens is 383 g/mol. The highest BCUT2D eigenvalue weighted by Crippen LogP contribution is 2.27. The van der Waals surface area contributed by atoms with Crippen molar-refractivity contribution in [2.24, 2.45) is 0 Å². The lowest BCUT2D eigenvalue weighted by Gasteiger charge is -2.33. The van der Waals surface area contributed by atoms with Crippen LogP contribution >= 0.6 is 34.7 Å². The number of hydrogen-bond acceptors (Lipinski definition) is 8. The van der Waals surface area contributed by atoms with E-state index in [2.05, 4.69) is 14.3 Å². The Kier molecular flexibility index (Phi) is 4.61. The van der Waals surface area contributed by atoms with Crippen LogP contribution in [0.2, 0.25) is 10.2 Å². The minimum absolute atomic E-state index is 0.0443.